The molecule has 1 aromatic heterocycles. The number of alkyl halides is 3. The van der Waals surface area contributed by atoms with Crippen molar-refractivity contribution in [1.82, 2.24) is 19.7 Å². The molecule has 6 nitrogen and oxygen atoms in total. The predicted molar refractivity (Wildman–Crippen MR) is 102 cm³/mol. The van der Waals surface area contributed by atoms with Gasteiger partial charge in [0.05, 0.1) is 10.6 Å². The van der Waals surface area contributed by atoms with E-state index in [2.05, 4.69) is 15.5 Å². The van der Waals surface area contributed by atoms with Crippen molar-refractivity contribution in [2.24, 2.45) is 7.05 Å². The van der Waals surface area contributed by atoms with Crippen LogP contribution in [0.25, 0.3) is 0 Å². The van der Waals surface area contributed by atoms with Crippen molar-refractivity contribution in [1.29, 1.82) is 0 Å². The number of amides is 2. The Bertz CT molecular complexity index is 873. The van der Waals surface area contributed by atoms with Crippen molar-refractivity contribution in [2.45, 2.75) is 30.1 Å². The number of aromatic nitrogens is 3. The molecule has 0 radical (unpaired) electrons. The minimum atomic E-state index is -4.59. The minimum absolute atomic E-state index is 0.0221. The molecule has 28 heavy (non-hydrogen) atoms. The van der Waals surface area contributed by atoms with Crippen molar-refractivity contribution >= 4 is 35.1 Å². The Labute approximate surface area is 169 Å². The minimum Gasteiger partial charge on any atom is -0.324 e. The van der Waals surface area contributed by atoms with E-state index in [-0.39, 0.29) is 11.6 Å². The van der Waals surface area contributed by atoms with Crippen LogP contribution < -0.4 is 5.32 Å². The average Bonchev–Trinajstić information content (AvgIpc) is 3.03. The standard InChI is InChI=1S/C17H19ClF3N5OS/c1-25-14(23-24-16(25)28-2)10-4-3-7-26(9-10)15(27)22-11-5-6-13(18)12(8-11)17(19,20)21/h5-6,8,10H,3-4,7,9H2,1-2H3,(H,22,27)/t10-/m1/s1. The quantitative estimate of drug-likeness (QED) is 0.717. The molecule has 11 heteroatoms. The summed E-state index contributed by atoms with van der Waals surface area (Å²) in [6, 6.07) is 2.87. The Hall–Kier alpha value is -1.94. The van der Waals surface area contributed by atoms with Crippen LogP contribution in [0.5, 0.6) is 0 Å². The second-order valence-corrected chi connectivity index (χ2v) is 7.69. The van der Waals surface area contributed by atoms with Gasteiger partial charge in [-0.1, -0.05) is 23.4 Å². The molecule has 0 aliphatic carbocycles. The molecule has 0 saturated carbocycles. The summed E-state index contributed by atoms with van der Waals surface area (Å²) in [7, 11) is 1.88. The first-order chi connectivity index (χ1) is 13.2. The number of halogens is 4. The molecule has 1 N–H and O–H groups in total. The van der Waals surface area contributed by atoms with Crippen molar-refractivity contribution in [2.75, 3.05) is 24.7 Å². The van der Waals surface area contributed by atoms with Gasteiger partial charge in [0.1, 0.15) is 5.82 Å². The zero-order valence-corrected chi connectivity index (χ0v) is 16.8. The second kappa shape index (κ2) is 8.20. The number of carbonyl (C=O) groups excluding carboxylic acids is 1. The van der Waals surface area contributed by atoms with Crippen LogP contribution in [-0.2, 0) is 13.2 Å². The van der Waals surface area contributed by atoms with Gasteiger partial charge in [-0.05, 0) is 37.3 Å². The molecular weight excluding hydrogens is 415 g/mol. The lowest BCUT2D eigenvalue weighted by atomic mass is 9.97. The SMILES string of the molecule is CSc1nnc([C@@H]2CCCN(C(=O)Nc3ccc(Cl)c(C(F)(F)F)c3)C2)n1C. The lowest BCUT2D eigenvalue weighted by Gasteiger charge is -2.32. The number of nitrogens with one attached hydrogen (secondary N) is 1. The van der Waals surface area contributed by atoms with Gasteiger partial charge in [-0.2, -0.15) is 13.2 Å². The number of thioether (sulfide) groups is 1. The lowest BCUT2D eigenvalue weighted by molar-refractivity contribution is -0.137. The largest absolute Gasteiger partial charge is 0.417 e. The maximum atomic E-state index is 13.0. The second-order valence-electron chi connectivity index (χ2n) is 6.51. The number of nitrogens with zero attached hydrogens (tertiary/aromatic N) is 4. The van der Waals surface area contributed by atoms with Gasteiger partial charge >= 0.3 is 12.2 Å². The van der Waals surface area contributed by atoms with Crippen molar-refractivity contribution < 1.29 is 18.0 Å². The number of anilines is 1. The number of hydrogen-bond donors (Lipinski definition) is 1. The summed E-state index contributed by atoms with van der Waals surface area (Å²) in [5.74, 6) is 0.821. The van der Waals surface area contributed by atoms with Gasteiger partial charge in [0.25, 0.3) is 0 Å². The molecule has 2 amide bonds. The number of benzene rings is 1. The molecule has 3 rings (SSSR count). The molecule has 1 aliphatic heterocycles. The van der Waals surface area contributed by atoms with Crippen molar-refractivity contribution in [3.8, 4) is 0 Å². The summed E-state index contributed by atoms with van der Waals surface area (Å²) in [4.78, 5) is 14.2. The van der Waals surface area contributed by atoms with Crippen molar-refractivity contribution in [3.05, 3.63) is 34.6 Å². The highest BCUT2D eigenvalue weighted by atomic mass is 35.5. The van der Waals surface area contributed by atoms with Crippen LogP contribution in [0.15, 0.2) is 23.4 Å². The number of hydrogen-bond acceptors (Lipinski definition) is 4. The Morgan fingerprint density at radius 3 is 2.75 bits per heavy atom. The number of rotatable bonds is 3. The van der Waals surface area contributed by atoms with Gasteiger partial charge in [-0.3, -0.25) is 0 Å². The molecule has 152 valence electrons. The highest BCUT2D eigenvalue weighted by molar-refractivity contribution is 7.98. The van der Waals surface area contributed by atoms with Crippen LogP contribution in [0.1, 0.15) is 30.1 Å². The molecule has 1 saturated heterocycles. The zero-order chi connectivity index (χ0) is 20.5. The number of piperidine rings is 1. The Morgan fingerprint density at radius 2 is 2.11 bits per heavy atom. The first-order valence-electron chi connectivity index (χ1n) is 8.56. The normalized spacial score (nSPS) is 17.6. The molecule has 2 aromatic rings. The third kappa shape index (κ3) is 4.38. The first-order valence-corrected chi connectivity index (χ1v) is 10.2. The van der Waals surface area contributed by atoms with Gasteiger partial charge in [-0.15, -0.1) is 10.2 Å². The molecule has 1 atom stereocenters. The molecule has 1 aliphatic rings. The van der Waals surface area contributed by atoms with E-state index in [1.54, 1.807) is 4.90 Å². The molecule has 0 unspecified atom stereocenters. The topological polar surface area (TPSA) is 63.1 Å². The van der Waals surface area contributed by atoms with Crippen LogP contribution in [0.3, 0.4) is 0 Å². The molecule has 0 bridgehead atoms. The van der Waals surface area contributed by atoms with E-state index in [0.29, 0.717) is 13.1 Å². The van der Waals surface area contributed by atoms with Gasteiger partial charge in [0, 0.05) is 31.7 Å². The van der Waals surface area contributed by atoms with Crippen LogP contribution in [0, 0.1) is 0 Å². The average molecular weight is 434 g/mol. The number of urea groups is 1. The van der Waals surface area contributed by atoms with Gasteiger partial charge in [-0.25, -0.2) is 4.79 Å². The zero-order valence-electron chi connectivity index (χ0n) is 15.3. The fraction of sp³-hybridized carbons (Fsp3) is 0.471. The van der Waals surface area contributed by atoms with Crippen LogP contribution in [-0.4, -0.2) is 45.0 Å². The van der Waals surface area contributed by atoms with Crippen LogP contribution in [0.4, 0.5) is 23.7 Å². The molecule has 1 fully saturated rings. The molecule has 2 heterocycles. The maximum absolute atomic E-state index is 13.0. The third-order valence-corrected chi connectivity index (χ3v) is 5.70. The fourth-order valence-electron chi connectivity index (χ4n) is 3.25. The molecule has 0 spiro atoms. The Kier molecular flexibility index (Phi) is 6.09. The molecular formula is C17H19ClF3N5OS. The first kappa shape index (κ1) is 20.8. The molecule has 1 aromatic carbocycles. The van der Waals surface area contributed by atoms with E-state index in [1.165, 1.54) is 17.8 Å². The third-order valence-electron chi connectivity index (χ3n) is 4.65. The highest BCUT2D eigenvalue weighted by Crippen LogP contribution is 2.36. The van der Waals surface area contributed by atoms with Crippen molar-refractivity contribution in [3.63, 3.8) is 0 Å². The summed E-state index contributed by atoms with van der Waals surface area (Å²) in [5.41, 5.74) is -0.931. The fourth-order valence-corrected chi connectivity index (χ4v) is 3.97. The van der Waals surface area contributed by atoms with Gasteiger partial charge in [0.15, 0.2) is 5.16 Å². The lowest BCUT2D eigenvalue weighted by Crippen LogP contribution is -2.42. The van der Waals surface area contributed by atoms with Gasteiger partial charge in [0.2, 0.25) is 0 Å². The van der Waals surface area contributed by atoms with E-state index in [4.69, 9.17) is 11.6 Å². The van der Waals surface area contributed by atoms with E-state index in [1.807, 2.05) is 17.9 Å². The summed E-state index contributed by atoms with van der Waals surface area (Å²) >= 11 is 7.11. The van der Waals surface area contributed by atoms with Crippen LogP contribution >= 0.6 is 23.4 Å². The smallest absolute Gasteiger partial charge is 0.324 e. The number of carbonyl (C=O) groups is 1. The van der Waals surface area contributed by atoms with E-state index in [0.717, 1.165) is 36.0 Å². The number of likely N-dealkylation sites (tertiary alicyclic amines) is 1. The highest BCUT2D eigenvalue weighted by Gasteiger charge is 2.34. The predicted octanol–water partition coefficient (Wildman–Crippen LogP) is 4.62. The summed E-state index contributed by atoms with van der Waals surface area (Å²) in [6.07, 6.45) is -1.04. The van der Waals surface area contributed by atoms with Crippen LogP contribution in [0.2, 0.25) is 5.02 Å². The summed E-state index contributed by atoms with van der Waals surface area (Å²) in [5, 5.41) is 11.3. The van der Waals surface area contributed by atoms with E-state index >= 15 is 0 Å². The van der Waals surface area contributed by atoms with E-state index < -0.39 is 22.8 Å². The maximum Gasteiger partial charge on any atom is 0.417 e. The monoisotopic (exact) mass is 433 g/mol. The van der Waals surface area contributed by atoms with E-state index in [9.17, 15) is 18.0 Å². The summed E-state index contributed by atoms with van der Waals surface area (Å²) in [6.45, 7) is 0.946. The Balaban J connectivity index is 1.72. The Morgan fingerprint density at radius 1 is 1.36 bits per heavy atom. The summed E-state index contributed by atoms with van der Waals surface area (Å²) < 4.78 is 40.9. The van der Waals surface area contributed by atoms with Gasteiger partial charge < -0.3 is 14.8 Å².